The van der Waals surface area contributed by atoms with Gasteiger partial charge in [-0.2, -0.15) is 0 Å². The van der Waals surface area contributed by atoms with Crippen molar-refractivity contribution in [3.63, 3.8) is 0 Å². The maximum atomic E-state index is 13.1. The molecular weight excluding hydrogens is 997 g/mol. The number of allylic oxidation sites excluding steroid dienone is 13. The number of carbonyl (C=O) groups excluding carboxylic acids is 3. The molecule has 0 aromatic heterocycles. The summed E-state index contributed by atoms with van der Waals surface area (Å²) in [6.07, 6.45) is 58.6. The van der Waals surface area contributed by atoms with Gasteiger partial charge in [-0.05, 0) is 77.0 Å². The molecule has 1 rings (SSSR count). The Morgan fingerprint density at radius 2 is 0.835 bits per heavy atom. The first-order valence-electron chi connectivity index (χ1n) is 31.6. The van der Waals surface area contributed by atoms with E-state index in [1.165, 1.54) is 103 Å². The Morgan fingerprint density at radius 3 is 1.30 bits per heavy atom. The van der Waals surface area contributed by atoms with Gasteiger partial charge in [-0.3, -0.25) is 14.4 Å². The van der Waals surface area contributed by atoms with Gasteiger partial charge in [-0.1, -0.05) is 254 Å². The van der Waals surface area contributed by atoms with E-state index in [0.29, 0.717) is 19.3 Å². The Hall–Kier alpha value is -4.10. The summed E-state index contributed by atoms with van der Waals surface area (Å²) >= 11 is 0. The van der Waals surface area contributed by atoms with E-state index >= 15 is 0 Å². The third kappa shape index (κ3) is 44.3. The van der Waals surface area contributed by atoms with Crippen LogP contribution in [0, 0.1) is 0 Å². The van der Waals surface area contributed by atoms with Gasteiger partial charge in [0, 0.05) is 12.8 Å². The topological polar surface area (TPSA) is 175 Å². The van der Waals surface area contributed by atoms with E-state index in [1.807, 2.05) is 12.2 Å². The van der Waals surface area contributed by atoms with E-state index in [4.69, 9.17) is 23.7 Å². The summed E-state index contributed by atoms with van der Waals surface area (Å²) in [6.45, 7) is 5.79. The van der Waals surface area contributed by atoms with Gasteiger partial charge in [0.25, 0.3) is 0 Å². The minimum atomic E-state index is -1.92. The van der Waals surface area contributed by atoms with Crippen LogP contribution in [0.15, 0.2) is 85.1 Å². The molecule has 0 amide bonds. The van der Waals surface area contributed by atoms with E-state index in [-0.39, 0.29) is 25.9 Å². The maximum Gasteiger partial charge on any atom is 0.335 e. The van der Waals surface area contributed by atoms with Gasteiger partial charge in [0.05, 0.1) is 13.0 Å². The van der Waals surface area contributed by atoms with Crippen molar-refractivity contribution in [3.8, 4) is 0 Å². The standard InChI is InChI=1S/C67H112O12/c1-4-7-10-13-16-19-22-25-28-30-33-35-38-41-44-47-50-53-59(68)75-56-58(77-60(69)54-51-48-45-42-39-36-32-27-24-21-18-15-12-9-6-3)57-76-67-65(63(72)62(71)64(79-67)66(73)74)78-61(70)55-52-49-46-43-40-37-34-31-29-26-23-20-17-14-11-8-5-2/h9,12,17-18,20-21,26-27,29,32,39,42,48,51,58,62-65,67,71-72H,4-8,10-11,13-16,19,22-25,28,30-31,33-38,40-41,43-47,49-50,52-57H2,1-3H3,(H,73,74)/b12-9-,20-17-,21-18-,29-26-,32-27-,42-39-,51-48-. The summed E-state index contributed by atoms with van der Waals surface area (Å²) in [4.78, 5) is 51.2. The SMILES string of the molecule is CC/C=C\C/C=C\C/C=C\C/C=C\C/C=C\CC(=O)OC(COC(=O)CCCCCCCCCCCCCCCCCCC)COC1OC(C(=O)O)C(O)C(O)C1OC(=O)CCCCCCCCC/C=C\C/C=C\CCCCC. The number of hydrogen-bond donors (Lipinski definition) is 3. The third-order valence-corrected chi connectivity index (χ3v) is 14.0. The van der Waals surface area contributed by atoms with Crippen molar-refractivity contribution in [1.29, 1.82) is 0 Å². The van der Waals surface area contributed by atoms with Crippen molar-refractivity contribution in [3.05, 3.63) is 85.1 Å². The molecule has 0 bridgehead atoms. The average molecular weight is 1110 g/mol. The second kappa shape index (κ2) is 54.5. The Labute approximate surface area is 480 Å². The monoisotopic (exact) mass is 1110 g/mol. The van der Waals surface area contributed by atoms with E-state index < -0.39 is 67.3 Å². The van der Waals surface area contributed by atoms with E-state index in [2.05, 4.69) is 87.6 Å². The van der Waals surface area contributed by atoms with Gasteiger partial charge in [0.2, 0.25) is 0 Å². The molecule has 0 aliphatic carbocycles. The van der Waals surface area contributed by atoms with Crippen LogP contribution in [0.3, 0.4) is 0 Å². The van der Waals surface area contributed by atoms with Crippen LogP contribution in [-0.4, -0.2) is 89.2 Å². The zero-order valence-corrected chi connectivity index (χ0v) is 49.8. The molecule has 6 atom stereocenters. The van der Waals surface area contributed by atoms with Gasteiger partial charge in [-0.15, -0.1) is 0 Å². The lowest BCUT2D eigenvalue weighted by atomic mass is 9.98. The highest BCUT2D eigenvalue weighted by Crippen LogP contribution is 2.26. The lowest BCUT2D eigenvalue weighted by Crippen LogP contribution is -2.61. The molecule has 0 radical (unpaired) electrons. The van der Waals surface area contributed by atoms with Crippen LogP contribution in [0.25, 0.3) is 0 Å². The predicted molar refractivity (Wildman–Crippen MR) is 321 cm³/mol. The number of ether oxygens (including phenoxy) is 5. The fourth-order valence-electron chi connectivity index (χ4n) is 9.18. The molecule has 0 spiro atoms. The van der Waals surface area contributed by atoms with Gasteiger partial charge in [0.15, 0.2) is 24.6 Å². The average Bonchev–Trinajstić information content (AvgIpc) is 3.46. The van der Waals surface area contributed by atoms with Crippen LogP contribution < -0.4 is 0 Å². The number of carboxylic acid groups (broad SMARTS) is 1. The number of unbranched alkanes of at least 4 members (excludes halogenated alkanes) is 26. The minimum absolute atomic E-state index is 0.0394. The number of hydrogen-bond acceptors (Lipinski definition) is 11. The first-order valence-corrected chi connectivity index (χ1v) is 31.6. The van der Waals surface area contributed by atoms with E-state index in [0.717, 1.165) is 103 Å². The van der Waals surface area contributed by atoms with Gasteiger partial charge in [0.1, 0.15) is 18.8 Å². The molecule has 1 heterocycles. The van der Waals surface area contributed by atoms with Crippen molar-refractivity contribution in [2.24, 2.45) is 0 Å². The molecule has 452 valence electrons. The number of aliphatic hydroxyl groups excluding tert-OH is 2. The molecule has 12 nitrogen and oxygen atoms in total. The fraction of sp³-hybridized carbons (Fsp3) is 0.731. The first-order chi connectivity index (χ1) is 38.6. The molecule has 12 heteroatoms. The predicted octanol–water partition coefficient (Wildman–Crippen LogP) is 16.7. The Kier molecular flexibility index (Phi) is 50.3. The number of aliphatic carboxylic acids is 1. The van der Waals surface area contributed by atoms with Crippen LogP contribution in [-0.2, 0) is 42.9 Å². The molecule has 1 fully saturated rings. The molecule has 3 N–H and O–H groups in total. The number of carbonyl (C=O) groups is 4. The van der Waals surface area contributed by atoms with Crippen LogP contribution in [0.1, 0.15) is 265 Å². The second-order valence-electron chi connectivity index (χ2n) is 21.3. The van der Waals surface area contributed by atoms with Crippen molar-refractivity contribution < 1.29 is 58.2 Å². The van der Waals surface area contributed by atoms with E-state index in [1.54, 1.807) is 6.08 Å². The zero-order chi connectivity index (χ0) is 57.5. The van der Waals surface area contributed by atoms with Crippen LogP contribution in [0.5, 0.6) is 0 Å². The summed E-state index contributed by atoms with van der Waals surface area (Å²) in [5.74, 6) is -3.29. The summed E-state index contributed by atoms with van der Waals surface area (Å²) in [6, 6.07) is 0. The molecule has 1 aliphatic heterocycles. The highest BCUT2D eigenvalue weighted by molar-refractivity contribution is 5.74. The molecule has 1 aliphatic rings. The van der Waals surface area contributed by atoms with Gasteiger partial charge in [-0.25, -0.2) is 4.79 Å². The molecule has 0 aromatic rings. The van der Waals surface area contributed by atoms with Crippen molar-refractivity contribution >= 4 is 23.9 Å². The number of rotatable bonds is 53. The summed E-state index contributed by atoms with van der Waals surface area (Å²) in [7, 11) is 0. The molecular formula is C67H112O12. The highest BCUT2D eigenvalue weighted by atomic mass is 16.7. The second-order valence-corrected chi connectivity index (χ2v) is 21.3. The molecule has 79 heavy (non-hydrogen) atoms. The number of aliphatic hydroxyl groups is 2. The molecule has 0 saturated carbocycles. The Bertz CT molecular complexity index is 1700. The minimum Gasteiger partial charge on any atom is -0.479 e. The van der Waals surface area contributed by atoms with Gasteiger partial charge >= 0.3 is 23.9 Å². The normalized spacial score (nSPS) is 18.4. The van der Waals surface area contributed by atoms with Crippen molar-refractivity contribution in [2.45, 2.75) is 302 Å². The molecule has 1 saturated heterocycles. The Morgan fingerprint density at radius 1 is 0.443 bits per heavy atom. The zero-order valence-electron chi connectivity index (χ0n) is 49.8. The fourth-order valence-corrected chi connectivity index (χ4v) is 9.18. The van der Waals surface area contributed by atoms with Crippen LogP contribution in [0.2, 0.25) is 0 Å². The van der Waals surface area contributed by atoms with E-state index in [9.17, 15) is 34.5 Å². The lowest BCUT2D eigenvalue weighted by molar-refractivity contribution is -0.301. The van der Waals surface area contributed by atoms with Crippen molar-refractivity contribution in [2.75, 3.05) is 13.2 Å². The Balaban J connectivity index is 2.71. The summed E-state index contributed by atoms with van der Waals surface area (Å²) in [5.41, 5.74) is 0. The largest absolute Gasteiger partial charge is 0.479 e. The number of carboxylic acids is 1. The van der Waals surface area contributed by atoms with Crippen LogP contribution >= 0.6 is 0 Å². The van der Waals surface area contributed by atoms with Gasteiger partial charge < -0.3 is 39.0 Å². The molecule has 6 unspecified atom stereocenters. The smallest absolute Gasteiger partial charge is 0.335 e. The summed E-state index contributed by atoms with van der Waals surface area (Å²) < 4.78 is 28.4. The first kappa shape index (κ1) is 72.9. The highest BCUT2D eigenvalue weighted by Gasteiger charge is 2.50. The maximum absolute atomic E-state index is 13.1. The third-order valence-electron chi connectivity index (χ3n) is 14.0. The quantitative estimate of drug-likeness (QED) is 0.0228. The molecule has 0 aromatic carbocycles. The van der Waals surface area contributed by atoms with Crippen LogP contribution in [0.4, 0.5) is 0 Å². The summed E-state index contributed by atoms with van der Waals surface area (Å²) in [5, 5.41) is 31.5. The lowest BCUT2D eigenvalue weighted by Gasteiger charge is -2.40. The van der Waals surface area contributed by atoms with Crippen molar-refractivity contribution in [1.82, 2.24) is 0 Å². The number of esters is 3.